The van der Waals surface area contributed by atoms with Crippen LogP contribution in [-0.4, -0.2) is 10.9 Å². The normalized spacial score (nSPS) is 43.5. The van der Waals surface area contributed by atoms with E-state index in [1.54, 1.807) is 5.57 Å². The van der Waals surface area contributed by atoms with Gasteiger partial charge in [-0.05, 0) is 90.8 Å². The van der Waals surface area contributed by atoms with Crippen LogP contribution >= 0.6 is 0 Å². The molecule has 4 aliphatic carbocycles. The molecule has 0 heterocycles. The third-order valence-electron chi connectivity index (χ3n) is 10.5. The van der Waals surface area contributed by atoms with E-state index in [4.69, 9.17) is 0 Å². The van der Waals surface area contributed by atoms with E-state index in [9.17, 15) is 9.90 Å². The second-order valence-electron chi connectivity index (χ2n) is 12.3. The Bertz CT molecular complexity index is 802. The van der Waals surface area contributed by atoms with Crippen LogP contribution in [0, 0.1) is 52.3 Å². The van der Waals surface area contributed by atoms with Crippen LogP contribution in [0.5, 0.6) is 0 Å². The van der Waals surface area contributed by atoms with E-state index in [-0.39, 0.29) is 11.2 Å². The van der Waals surface area contributed by atoms with E-state index in [1.165, 1.54) is 25.7 Å². The second-order valence-corrected chi connectivity index (χ2v) is 12.3. The molecule has 4 rings (SSSR count). The molecule has 0 bridgehead atoms. The molecule has 0 aromatic carbocycles. The summed E-state index contributed by atoms with van der Waals surface area (Å²) in [5.74, 6) is 4.64. The van der Waals surface area contributed by atoms with Crippen LogP contribution < -0.4 is 0 Å². The van der Waals surface area contributed by atoms with Gasteiger partial charge in [0.15, 0.2) is 5.78 Å². The van der Waals surface area contributed by atoms with Gasteiger partial charge in [0.1, 0.15) is 0 Å². The molecule has 0 amide bonds. The summed E-state index contributed by atoms with van der Waals surface area (Å²) in [6, 6.07) is 0. The van der Waals surface area contributed by atoms with Crippen molar-refractivity contribution in [1.82, 2.24) is 0 Å². The number of allylic oxidation sites excluding steroid dienone is 5. The van der Waals surface area contributed by atoms with Crippen LogP contribution in [-0.2, 0) is 4.79 Å². The average Bonchev–Trinajstić information content (AvgIpc) is 3.09. The van der Waals surface area contributed by atoms with Crippen LogP contribution in [0.25, 0.3) is 0 Å². The third kappa shape index (κ3) is 3.66. The van der Waals surface area contributed by atoms with Crippen molar-refractivity contribution in [2.24, 2.45) is 52.3 Å². The highest BCUT2D eigenvalue weighted by atomic mass is 16.2. The van der Waals surface area contributed by atoms with Crippen LogP contribution in [0.2, 0.25) is 0 Å². The molecule has 4 aliphatic rings. The first-order chi connectivity index (χ1) is 14.6. The number of hydrogen-bond donors (Lipinski definition) is 1. The molecule has 0 aromatic rings. The van der Waals surface area contributed by atoms with Gasteiger partial charge in [-0.3, -0.25) is 4.79 Å². The Balaban J connectivity index is 1.57. The Morgan fingerprint density at radius 1 is 1.03 bits per heavy atom. The van der Waals surface area contributed by atoms with E-state index >= 15 is 0 Å². The van der Waals surface area contributed by atoms with E-state index in [0.29, 0.717) is 52.9 Å². The Hall–Kier alpha value is -1.31. The molecule has 2 nitrogen and oxygen atoms in total. The number of hydrogen-bond acceptors (Lipinski definition) is 2. The maximum absolute atomic E-state index is 12.4. The fraction of sp³-hybridized carbons (Fsp3) is 0.759. The predicted octanol–water partition coefficient (Wildman–Crippen LogP) is 7.67. The van der Waals surface area contributed by atoms with Crippen molar-refractivity contribution in [3.05, 3.63) is 35.6 Å². The van der Waals surface area contributed by atoms with Gasteiger partial charge in [0.2, 0.25) is 0 Å². The van der Waals surface area contributed by atoms with E-state index in [0.717, 1.165) is 25.0 Å². The number of fused-ring (bicyclic) bond motifs is 5. The van der Waals surface area contributed by atoms with Crippen LogP contribution in [0.4, 0.5) is 0 Å². The predicted molar refractivity (Wildman–Crippen MR) is 129 cm³/mol. The number of carbonyl (C=O) groups excluding carboxylic acids is 1. The molecule has 1 N–H and O–H groups in total. The number of carbonyl (C=O) groups is 1. The monoisotopic (exact) mass is 424 g/mol. The fourth-order valence-electron chi connectivity index (χ4n) is 8.00. The third-order valence-corrected chi connectivity index (χ3v) is 10.5. The van der Waals surface area contributed by atoms with Crippen LogP contribution in [0.1, 0.15) is 86.5 Å². The number of rotatable bonds is 4. The zero-order chi connectivity index (χ0) is 22.6. The Morgan fingerprint density at radius 3 is 2.42 bits per heavy atom. The highest BCUT2D eigenvalue weighted by Crippen LogP contribution is 2.66. The molecule has 3 saturated carbocycles. The zero-order valence-electron chi connectivity index (χ0n) is 20.7. The van der Waals surface area contributed by atoms with Crippen molar-refractivity contribution in [2.45, 2.75) is 86.5 Å². The number of aliphatic hydroxyl groups excluding tert-OH is 1. The zero-order valence-corrected chi connectivity index (χ0v) is 20.7. The molecule has 3 fully saturated rings. The van der Waals surface area contributed by atoms with Crippen molar-refractivity contribution in [3.63, 3.8) is 0 Å². The molecule has 0 radical (unpaired) electrons. The molecule has 0 spiro atoms. The molecule has 31 heavy (non-hydrogen) atoms. The molecule has 0 saturated heterocycles. The summed E-state index contributed by atoms with van der Waals surface area (Å²) in [5.41, 5.74) is 2.91. The Kier molecular flexibility index (Phi) is 6.07. The standard InChI is InChI=1S/C29H44O2/c1-18(2)19(3)7-8-20(4)24-11-12-25-23-10-9-22-15-27(31)21(17-30)16-29(22,6)26(23)13-14-28(24,25)5/h7-8,10,17-20,22,24-26,30H,9,11-16H2,1-6H3/b8-7+,21-17-/t19-,20+,22+,24-,25+,26+,28+,29-/m0/s1. The van der Waals surface area contributed by atoms with Gasteiger partial charge < -0.3 is 5.11 Å². The fourth-order valence-corrected chi connectivity index (χ4v) is 8.00. The van der Waals surface area contributed by atoms with Gasteiger partial charge in [-0.1, -0.05) is 65.3 Å². The average molecular weight is 425 g/mol. The number of Topliss-reactive ketones (excluding diaryl/α,β-unsaturated/α-hetero) is 1. The quantitative estimate of drug-likeness (QED) is 0.285. The lowest BCUT2D eigenvalue weighted by Gasteiger charge is -2.57. The molecule has 8 atom stereocenters. The van der Waals surface area contributed by atoms with E-state index < -0.39 is 0 Å². The van der Waals surface area contributed by atoms with Crippen molar-refractivity contribution in [3.8, 4) is 0 Å². The van der Waals surface area contributed by atoms with Gasteiger partial charge in [-0.15, -0.1) is 0 Å². The van der Waals surface area contributed by atoms with Crippen molar-refractivity contribution >= 4 is 5.78 Å². The van der Waals surface area contributed by atoms with Crippen molar-refractivity contribution in [1.29, 1.82) is 0 Å². The van der Waals surface area contributed by atoms with Crippen molar-refractivity contribution in [2.75, 3.05) is 0 Å². The minimum atomic E-state index is 0.129. The lowest BCUT2D eigenvalue weighted by molar-refractivity contribution is -0.121. The van der Waals surface area contributed by atoms with Crippen molar-refractivity contribution < 1.29 is 9.90 Å². The summed E-state index contributed by atoms with van der Waals surface area (Å²) in [4.78, 5) is 12.4. The summed E-state index contributed by atoms with van der Waals surface area (Å²) >= 11 is 0. The Morgan fingerprint density at radius 2 is 1.74 bits per heavy atom. The largest absolute Gasteiger partial charge is 0.515 e. The molecule has 172 valence electrons. The Labute approximate surface area is 190 Å². The topological polar surface area (TPSA) is 37.3 Å². The maximum Gasteiger partial charge on any atom is 0.162 e. The summed E-state index contributed by atoms with van der Waals surface area (Å²) < 4.78 is 0. The summed E-state index contributed by atoms with van der Waals surface area (Å²) in [6.45, 7) is 14.4. The van der Waals surface area contributed by atoms with Crippen LogP contribution in [0.3, 0.4) is 0 Å². The second kappa shape index (κ2) is 8.23. The molecular weight excluding hydrogens is 380 g/mol. The first-order valence-electron chi connectivity index (χ1n) is 12.9. The van der Waals surface area contributed by atoms with E-state index in [1.807, 2.05) is 0 Å². The van der Waals surface area contributed by atoms with E-state index in [2.05, 4.69) is 59.8 Å². The van der Waals surface area contributed by atoms with Gasteiger partial charge >= 0.3 is 0 Å². The lowest BCUT2D eigenvalue weighted by atomic mass is 9.47. The summed E-state index contributed by atoms with van der Waals surface area (Å²) in [5, 5.41) is 9.67. The summed E-state index contributed by atoms with van der Waals surface area (Å²) in [7, 11) is 0. The molecule has 2 heteroatoms. The van der Waals surface area contributed by atoms with Crippen LogP contribution in [0.15, 0.2) is 35.6 Å². The molecule has 0 aliphatic heterocycles. The number of aliphatic hydroxyl groups is 1. The molecule has 0 unspecified atom stereocenters. The SMILES string of the molecule is CC(C)[C@@H](C)/C=C/[C@@H](C)[C@@H]1CC[C@@H]2C3=CC[C@@H]4CC(=O)/C(=C\O)C[C@]4(C)[C@@H]3CC[C@@]21C. The van der Waals surface area contributed by atoms with Gasteiger partial charge in [0.25, 0.3) is 0 Å². The smallest absolute Gasteiger partial charge is 0.162 e. The minimum absolute atomic E-state index is 0.129. The molecule has 0 aromatic heterocycles. The number of ketones is 1. The van der Waals surface area contributed by atoms with Gasteiger partial charge in [-0.2, -0.15) is 0 Å². The van der Waals surface area contributed by atoms with Gasteiger partial charge in [0, 0.05) is 12.0 Å². The summed E-state index contributed by atoms with van der Waals surface area (Å²) in [6.07, 6.45) is 16.3. The first kappa shape index (κ1) is 22.9. The minimum Gasteiger partial charge on any atom is -0.515 e. The highest BCUT2D eigenvalue weighted by molar-refractivity contribution is 5.96. The molecular formula is C29H44O2. The lowest BCUT2D eigenvalue weighted by Crippen LogP contribution is -2.49. The van der Waals surface area contributed by atoms with Gasteiger partial charge in [0.05, 0.1) is 6.26 Å². The maximum atomic E-state index is 12.4. The highest BCUT2D eigenvalue weighted by Gasteiger charge is 2.58. The van der Waals surface area contributed by atoms with Gasteiger partial charge in [-0.25, -0.2) is 0 Å². The first-order valence-corrected chi connectivity index (χ1v) is 12.9.